The van der Waals surface area contributed by atoms with Crippen molar-refractivity contribution in [2.75, 3.05) is 25.0 Å². The molecule has 1 amide bonds. The summed E-state index contributed by atoms with van der Waals surface area (Å²) < 4.78 is 0. The van der Waals surface area contributed by atoms with E-state index in [1.165, 1.54) is 17.7 Å². The minimum atomic E-state index is 0.138. The normalized spacial score (nSPS) is 16.1. The first-order valence-corrected chi connectivity index (χ1v) is 6.36. The average molecular weight is 233 g/mol. The number of amides is 1. The van der Waals surface area contributed by atoms with Crippen molar-refractivity contribution < 1.29 is 9.69 Å². The Hall–Kier alpha value is -1.35. The van der Waals surface area contributed by atoms with Crippen molar-refractivity contribution in [3.63, 3.8) is 0 Å². The zero-order valence-electron chi connectivity index (χ0n) is 10.7. The monoisotopic (exact) mass is 233 g/mol. The maximum absolute atomic E-state index is 11.9. The second-order valence-electron chi connectivity index (χ2n) is 4.95. The van der Waals surface area contributed by atoms with Gasteiger partial charge in [0.2, 0.25) is 0 Å². The predicted molar refractivity (Wildman–Crippen MR) is 69.3 cm³/mol. The van der Waals surface area contributed by atoms with Crippen LogP contribution in [-0.2, 0) is 4.79 Å². The third-order valence-electron chi connectivity index (χ3n) is 3.47. The molecule has 1 aromatic rings. The predicted octanol–water partition coefficient (Wildman–Crippen LogP) is 0.921. The summed E-state index contributed by atoms with van der Waals surface area (Å²) in [5, 5.41) is 3.05. The highest BCUT2D eigenvalue weighted by Gasteiger charge is 2.19. The molecule has 1 saturated heterocycles. The molecular weight excluding hydrogens is 212 g/mol. The number of anilines is 1. The lowest BCUT2D eigenvalue weighted by Gasteiger charge is -2.14. The van der Waals surface area contributed by atoms with Crippen molar-refractivity contribution >= 4 is 11.6 Å². The second-order valence-corrected chi connectivity index (χ2v) is 4.95. The van der Waals surface area contributed by atoms with Gasteiger partial charge >= 0.3 is 0 Å². The first-order valence-electron chi connectivity index (χ1n) is 6.36. The molecule has 2 N–H and O–H groups in total. The van der Waals surface area contributed by atoms with Gasteiger partial charge in [-0.05, 0) is 25.0 Å². The van der Waals surface area contributed by atoms with Gasteiger partial charge in [-0.15, -0.1) is 0 Å². The Balaban J connectivity index is 1.97. The molecule has 0 saturated carbocycles. The van der Waals surface area contributed by atoms with Gasteiger partial charge in [-0.25, -0.2) is 0 Å². The van der Waals surface area contributed by atoms with Crippen LogP contribution in [0.15, 0.2) is 18.2 Å². The molecule has 2 rings (SSSR count). The number of carbonyl (C=O) groups is 1. The molecule has 0 spiro atoms. The summed E-state index contributed by atoms with van der Waals surface area (Å²) in [4.78, 5) is 13.4. The fourth-order valence-electron chi connectivity index (χ4n) is 2.47. The van der Waals surface area contributed by atoms with Crippen molar-refractivity contribution in [2.24, 2.45) is 0 Å². The highest BCUT2D eigenvalue weighted by Crippen LogP contribution is 2.18. The summed E-state index contributed by atoms with van der Waals surface area (Å²) in [7, 11) is 0. The van der Waals surface area contributed by atoms with E-state index >= 15 is 0 Å². The van der Waals surface area contributed by atoms with Crippen LogP contribution in [0, 0.1) is 13.8 Å². The SMILES string of the molecule is Cc1cccc(C)c1NC(=O)C[NH+]1CCCC1. The zero-order valence-corrected chi connectivity index (χ0v) is 10.7. The van der Waals surface area contributed by atoms with E-state index in [4.69, 9.17) is 0 Å². The topological polar surface area (TPSA) is 33.5 Å². The largest absolute Gasteiger partial charge is 0.327 e. The first-order chi connectivity index (χ1) is 8.16. The Morgan fingerprint density at radius 3 is 2.41 bits per heavy atom. The third-order valence-corrected chi connectivity index (χ3v) is 3.47. The molecule has 3 heteroatoms. The van der Waals surface area contributed by atoms with Gasteiger partial charge in [0.05, 0.1) is 13.1 Å². The molecule has 3 nitrogen and oxygen atoms in total. The van der Waals surface area contributed by atoms with Crippen LogP contribution in [0.4, 0.5) is 5.69 Å². The van der Waals surface area contributed by atoms with Crippen molar-refractivity contribution in [1.82, 2.24) is 0 Å². The molecule has 1 aliphatic heterocycles. The number of para-hydroxylation sites is 1. The number of hydrogen-bond donors (Lipinski definition) is 2. The Kier molecular flexibility index (Phi) is 3.79. The number of likely N-dealkylation sites (tertiary alicyclic amines) is 1. The van der Waals surface area contributed by atoms with Crippen molar-refractivity contribution in [3.8, 4) is 0 Å². The maximum Gasteiger partial charge on any atom is 0.279 e. The van der Waals surface area contributed by atoms with E-state index in [9.17, 15) is 4.79 Å². The number of aryl methyl sites for hydroxylation is 2. The molecule has 1 aromatic carbocycles. The van der Waals surface area contributed by atoms with Crippen LogP contribution in [-0.4, -0.2) is 25.5 Å². The third kappa shape index (κ3) is 3.07. The van der Waals surface area contributed by atoms with Crippen LogP contribution >= 0.6 is 0 Å². The minimum Gasteiger partial charge on any atom is -0.327 e. The van der Waals surface area contributed by atoms with Crippen molar-refractivity contribution in [1.29, 1.82) is 0 Å². The fraction of sp³-hybridized carbons (Fsp3) is 0.500. The number of hydrogen-bond acceptors (Lipinski definition) is 1. The fourth-order valence-corrected chi connectivity index (χ4v) is 2.47. The van der Waals surface area contributed by atoms with Gasteiger partial charge in [0, 0.05) is 18.5 Å². The highest BCUT2D eigenvalue weighted by molar-refractivity contribution is 5.93. The lowest BCUT2D eigenvalue weighted by atomic mass is 10.1. The summed E-state index contributed by atoms with van der Waals surface area (Å²) in [6, 6.07) is 6.09. The smallest absolute Gasteiger partial charge is 0.279 e. The van der Waals surface area contributed by atoms with E-state index in [1.807, 2.05) is 32.0 Å². The maximum atomic E-state index is 11.9. The quantitative estimate of drug-likeness (QED) is 0.800. The van der Waals surface area contributed by atoms with Gasteiger partial charge in [0.15, 0.2) is 6.54 Å². The second kappa shape index (κ2) is 5.32. The molecule has 0 atom stereocenters. The molecule has 1 aliphatic rings. The summed E-state index contributed by atoms with van der Waals surface area (Å²) in [6.07, 6.45) is 2.51. The van der Waals surface area contributed by atoms with E-state index < -0.39 is 0 Å². The highest BCUT2D eigenvalue weighted by atomic mass is 16.2. The summed E-state index contributed by atoms with van der Waals surface area (Å²) in [5.74, 6) is 0.138. The van der Waals surface area contributed by atoms with Crippen LogP contribution in [0.25, 0.3) is 0 Å². The summed E-state index contributed by atoms with van der Waals surface area (Å²) in [5.41, 5.74) is 3.25. The number of benzene rings is 1. The van der Waals surface area contributed by atoms with E-state index in [1.54, 1.807) is 0 Å². The van der Waals surface area contributed by atoms with Crippen LogP contribution in [0.1, 0.15) is 24.0 Å². The van der Waals surface area contributed by atoms with Gasteiger partial charge in [-0.2, -0.15) is 0 Å². The Bertz CT molecular complexity index is 388. The summed E-state index contributed by atoms with van der Waals surface area (Å²) >= 11 is 0. The lowest BCUT2D eigenvalue weighted by Crippen LogP contribution is -3.11. The number of carbonyl (C=O) groups excluding carboxylic acids is 1. The van der Waals surface area contributed by atoms with E-state index in [2.05, 4.69) is 5.32 Å². The minimum absolute atomic E-state index is 0.138. The van der Waals surface area contributed by atoms with Gasteiger partial charge in [0.25, 0.3) is 5.91 Å². The Morgan fingerprint density at radius 1 is 1.24 bits per heavy atom. The molecule has 0 unspecified atom stereocenters. The number of rotatable bonds is 3. The Labute approximate surface area is 103 Å². The van der Waals surface area contributed by atoms with E-state index in [0.29, 0.717) is 6.54 Å². The molecule has 0 bridgehead atoms. The van der Waals surface area contributed by atoms with Crippen molar-refractivity contribution in [2.45, 2.75) is 26.7 Å². The average Bonchev–Trinajstić information content (AvgIpc) is 2.76. The molecule has 17 heavy (non-hydrogen) atoms. The molecule has 1 heterocycles. The van der Waals surface area contributed by atoms with Crippen LogP contribution in [0.3, 0.4) is 0 Å². The zero-order chi connectivity index (χ0) is 12.3. The van der Waals surface area contributed by atoms with Crippen LogP contribution < -0.4 is 10.2 Å². The molecule has 92 valence electrons. The standard InChI is InChI=1S/C14H20N2O/c1-11-6-5-7-12(2)14(11)15-13(17)10-16-8-3-4-9-16/h5-7H,3-4,8-10H2,1-2H3,(H,15,17)/p+1. The van der Waals surface area contributed by atoms with E-state index in [-0.39, 0.29) is 5.91 Å². The summed E-state index contributed by atoms with van der Waals surface area (Å²) in [6.45, 7) is 6.95. The lowest BCUT2D eigenvalue weighted by molar-refractivity contribution is -0.878. The van der Waals surface area contributed by atoms with Gasteiger partial charge < -0.3 is 10.2 Å². The molecule has 0 radical (unpaired) electrons. The van der Waals surface area contributed by atoms with Crippen LogP contribution in [0.2, 0.25) is 0 Å². The first kappa shape index (κ1) is 12.1. The Morgan fingerprint density at radius 2 is 1.82 bits per heavy atom. The van der Waals surface area contributed by atoms with Crippen LogP contribution in [0.5, 0.6) is 0 Å². The van der Waals surface area contributed by atoms with Gasteiger partial charge in [-0.1, -0.05) is 18.2 Å². The van der Waals surface area contributed by atoms with Crippen molar-refractivity contribution in [3.05, 3.63) is 29.3 Å². The number of nitrogens with one attached hydrogen (secondary N) is 2. The van der Waals surface area contributed by atoms with Gasteiger partial charge in [0.1, 0.15) is 0 Å². The molecule has 0 aliphatic carbocycles. The van der Waals surface area contributed by atoms with E-state index in [0.717, 1.165) is 29.9 Å². The molecule has 0 aromatic heterocycles. The number of quaternary nitrogens is 1. The molecule has 1 fully saturated rings. The molecular formula is C14H21N2O+. The van der Waals surface area contributed by atoms with Gasteiger partial charge in [-0.3, -0.25) is 4.79 Å².